The molecule has 1 fully saturated rings. The maximum atomic E-state index is 12.7. The molecular formula is C15H15FN4O. The Hall–Kier alpha value is -2.50. The summed E-state index contributed by atoms with van der Waals surface area (Å²) in [5, 5.41) is 2.71. The molecule has 0 radical (unpaired) electrons. The smallest absolute Gasteiger partial charge is 0.257 e. The summed E-state index contributed by atoms with van der Waals surface area (Å²) in [5.41, 5.74) is 0.910. The van der Waals surface area contributed by atoms with Crippen molar-refractivity contribution in [1.82, 2.24) is 9.97 Å². The van der Waals surface area contributed by atoms with E-state index in [4.69, 9.17) is 0 Å². The van der Waals surface area contributed by atoms with Crippen LogP contribution in [-0.4, -0.2) is 29.0 Å². The fourth-order valence-corrected chi connectivity index (χ4v) is 2.31. The SMILES string of the molecule is O=C(Nc1ccc(N2CCCC2)nc1)c1ccc(F)nc1. The molecule has 0 spiro atoms. The van der Waals surface area contributed by atoms with Crippen molar-refractivity contribution in [3.63, 3.8) is 0 Å². The molecule has 0 unspecified atom stereocenters. The lowest BCUT2D eigenvalue weighted by atomic mass is 10.2. The van der Waals surface area contributed by atoms with E-state index in [0.717, 1.165) is 25.0 Å². The third kappa shape index (κ3) is 3.16. The van der Waals surface area contributed by atoms with Crippen molar-refractivity contribution in [2.45, 2.75) is 12.8 Å². The number of hydrogen-bond acceptors (Lipinski definition) is 4. The molecule has 2 aromatic heterocycles. The van der Waals surface area contributed by atoms with Gasteiger partial charge in [0.2, 0.25) is 5.95 Å². The highest BCUT2D eigenvalue weighted by Gasteiger charge is 2.13. The number of anilines is 2. The zero-order chi connectivity index (χ0) is 14.7. The molecule has 5 nitrogen and oxygen atoms in total. The van der Waals surface area contributed by atoms with Gasteiger partial charge in [0, 0.05) is 19.3 Å². The Morgan fingerprint density at radius 3 is 2.52 bits per heavy atom. The lowest BCUT2D eigenvalue weighted by Gasteiger charge is -2.16. The Morgan fingerprint density at radius 1 is 1.10 bits per heavy atom. The molecule has 1 aliphatic heterocycles. The summed E-state index contributed by atoms with van der Waals surface area (Å²) in [6.07, 6.45) is 5.22. The van der Waals surface area contributed by atoms with Crippen LogP contribution in [0.2, 0.25) is 0 Å². The van der Waals surface area contributed by atoms with Crippen LogP contribution in [0.15, 0.2) is 36.7 Å². The minimum absolute atomic E-state index is 0.306. The molecule has 21 heavy (non-hydrogen) atoms. The molecule has 1 N–H and O–H groups in total. The average Bonchev–Trinajstić information content (AvgIpc) is 3.03. The summed E-state index contributed by atoms with van der Waals surface area (Å²) in [7, 11) is 0. The van der Waals surface area contributed by atoms with E-state index in [1.165, 1.54) is 25.1 Å². The zero-order valence-corrected chi connectivity index (χ0v) is 11.4. The second-order valence-electron chi connectivity index (χ2n) is 4.92. The molecule has 6 heteroatoms. The van der Waals surface area contributed by atoms with Crippen LogP contribution in [0.1, 0.15) is 23.2 Å². The summed E-state index contributed by atoms with van der Waals surface area (Å²) in [5.74, 6) is -0.0182. The van der Waals surface area contributed by atoms with Crippen molar-refractivity contribution < 1.29 is 9.18 Å². The topological polar surface area (TPSA) is 58.1 Å². The van der Waals surface area contributed by atoms with E-state index in [1.54, 1.807) is 6.20 Å². The fraction of sp³-hybridized carbons (Fsp3) is 0.267. The number of rotatable bonds is 3. The summed E-state index contributed by atoms with van der Waals surface area (Å²) in [6.45, 7) is 2.06. The zero-order valence-electron chi connectivity index (χ0n) is 11.4. The predicted molar refractivity (Wildman–Crippen MR) is 77.8 cm³/mol. The molecular weight excluding hydrogens is 271 g/mol. The number of pyridine rings is 2. The van der Waals surface area contributed by atoms with Gasteiger partial charge < -0.3 is 10.2 Å². The number of carbonyl (C=O) groups excluding carboxylic acids is 1. The molecule has 1 aliphatic rings. The van der Waals surface area contributed by atoms with Gasteiger partial charge in [-0.1, -0.05) is 0 Å². The first-order valence-corrected chi connectivity index (χ1v) is 6.86. The van der Waals surface area contributed by atoms with E-state index in [9.17, 15) is 9.18 Å². The number of nitrogens with one attached hydrogen (secondary N) is 1. The van der Waals surface area contributed by atoms with E-state index in [0.29, 0.717) is 11.3 Å². The molecule has 0 aliphatic carbocycles. The largest absolute Gasteiger partial charge is 0.357 e. The number of halogens is 1. The first kappa shape index (κ1) is 13.5. The first-order valence-electron chi connectivity index (χ1n) is 6.86. The van der Waals surface area contributed by atoms with Crippen molar-refractivity contribution in [2.75, 3.05) is 23.3 Å². The van der Waals surface area contributed by atoms with E-state index in [1.807, 2.05) is 12.1 Å². The molecule has 3 heterocycles. The second kappa shape index (κ2) is 5.87. The van der Waals surface area contributed by atoms with Crippen molar-refractivity contribution in [3.05, 3.63) is 48.2 Å². The molecule has 2 aromatic rings. The van der Waals surface area contributed by atoms with Crippen LogP contribution in [0.4, 0.5) is 15.9 Å². The van der Waals surface area contributed by atoms with Gasteiger partial charge in [-0.3, -0.25) is 4.79 Å². The van der Waals surface area contributed by atoms with Gasteiger partial charge in [-0.05, 0) is 37.1 Å². The lowest BCUT2D eigenvalue weighted by molar-refractivity contribution is 0.102. The number of carbonyl (C=O) groups is 1. The summed E-state index contributed by atoms with van der Waals surface area (Å²) in [6, 6.07) is 6.26. The number of aromatic nitrogens is 2. The van der Waals surface area contributed by atoms with Crippen LogP contribution in [0.3, 0.4) is 0 Å². The molecule has 0 bridgehead atoms. The third-order valence-electron chi connectivity index (χ3n) is 3.43. The number of nitrogens with zero attached hydrogens (tertiary/aromatic N) is 3. The quantitative estimate of drug-likeness (QED) is 0.881. The van der Waals surface area contributed by atoms with Crippen molar-refractivity contribution in [1.29, 1.82) is 0 Å². The Kier molecular flexibility index (Phi) is 3.77. The highest BCUT2D eigenvalue weighted by atomic mass is 19.1. The Balaban J connectivity index is 1.67. The molecule has 0 saturated carbocycles. The first-order chi connectivity index (χ1) is 10.2. The predicted octanol–water partition coefficient (Wildman–Crippen LogP) is 2.47. The fourth-order valence-electron chi connectivity index (χ4n) is 2.31. The normalized spacial score (nSPS) is 14.2. The summed E-state index contributed by atoms with van der Waals surface area (Å²) in [4.78, 5) is 22.0. The maximum absolute atomic E-state index is 12.7. The van der Waals surface area contributed by atoms with Crippen LogP contribution >= 0.6 is 0 Å². The monoisotopic (exact) mass is 286 g/mol. The van der Waals surface area contributed by atoms with Crippen molar-refractivity contribution in [2.24, 2.45) is 0 Å². The Morgan fingerprint density at radius 2 is 1.90 bits per heavy atom. The minimum Gasteiger partial charge on any atom is -0.357 e. The van der Waals surface area contributed by atoms with Gasteiger partial charge in [0.05, 0.1) is 17.4 Å². The van der Waals surface area contributed by atoms with Crippen LogP contribution in [0.5, 0.6) is 0 Å². The molecule has 1 saturated heterocycles. The van der Waals surface area contributed by atoms with Crippen LogP contribution in [0.25, 0.3) is 0 Å². The van der Waals surface area contributed by atoms with Crippen LogP contribution < -0.4 is 10.2 Å². The van der Waals surface area contributed by atoms with E-state index in [-0.39, 0.29) is 5.91 Å². The van der Waals surface area contributed by atoms with Gasteiger partial charge in [0.15, 0.2) is 0 Å². The Labute approximate surface area is 121 Å². The second-order valence-corrected chi connectivity index (χ2v) is 4.92. The third-order valence-corrected chi connectivity index (χ3v) is 3.43. The molecule has 108 valence electrons. The van der Waals surface area contributed by atoms with Gasteiger partial charge in [0.1, 0.15) is 5.82 Å². The van der Waals surface area contributed by atoms with E-state index < -0.39 is 5.95 Å². The number of hydrogen-bond donors (Lipinski definition) is 1. The highest BCUT2D eigenvalue weighted by molar-refractivity contribution is 6.03. The molecule has 1 amide bonds. The highest BCUT2D eigenvalue weighted by Crippen LogP contribution is 2.19. The summed E-state index contributed by atoms with van der Waals surface area (Å²) >= 11 is 0. The van der Waals surface area contributed by atoms with Crippen molar-refractivity contribution >= 4 is 17.4 Å². The molecule has 3 rings (SSSR count). The minimum atomic E-state index is -0.608. The van der Waals surface area contributed by atoms with Gasteiger partial charge >= 0.3 is 0 Å². The van der Waals surface area contributed by atoms with Crippen molar-refractivity contribution in [3.8, 4) is 0 Å². The van der Waals surface area contributed by atoms with Gasteiger partial charge in [-0.15, -0.1) is 0 Å². The van der Waals surface area contributed by atoms with E-state index >= 15 is 0 Å². The van der Waals surface area contributed by atoms with Gasteiger partial charge in [-0.25, -0.2) is 9.97 Å². The standard InChI is InChI=1S/C15H15FN4O/c16-13-5-3-11(9-17-13)15(21)19-12-4-6-14(18-10-12)20-7-1-2-8-20/h3-6,9-10H,1-2,7-8H2,(H,19,21). The van der Waals surface area contributed by atoms with Gasteiger partial charge in [-0.2, -0.15) is 4.39 Å². The average molecular weight is 286 g/mol. The lowest BCUT2D eigenvalue weighted by Crippen LogP contribution is -2.19. The summed E-state index contributed by atoms with van der Waals surface area (Å²) < 4.78 is 12.7. The van der Waals surface area contributed by atoms with Crippen LogP contribution in [-0.2, 0) is 0 Å². The Bertz CT molecular complexity index is 621. The van der Waals surface area contributed by atoms with Crippen LogP contribution in [0, 0.1) is 5.95 Å². The van der Waals surface area contributed by atoms with E-state index in [2.05, 4.69) is 20.2 Å². The van der Waals surface area contributed by atoms with Gasteiger partial charge in [0.25, 0.3) is 5.91 Å². The number of amides is 1. The molecule has 0 atom stereocenters. The molecule has 0 aromatic carbocycles. The maximum Gasteiger partial charge on any atom is 0.257 e.